The Morgan fingerprint density at radius 1 is 1.35 bits per heavy atom. The van der Waals surface area contributed by atoms with Crippen LogP contribution in [0.3, 0.4) is 0 Å². The summed E-state index contributed by atoms with van der Waals surface area (Å²) < 4.78 is 5.67. The quantitative estimate of drug-likeness (QED) is 0.658. The summed E-state index contributed by atoms with van der Waals surface area (Å²) in [7, 11) is 0. The maximum Gasteiger partial charge on any atom is 0.315 e. The number of aliphatic carboxylic acids is 1. The molecule has 2 rings (SSSR count). The number of urea groups is 1. The molecule has 0 aromatic rings. The molecule has 2 fully saturated rings. The lowest BCUT2D eigenvalue weighted by atomic mass is 10.0. The Hall–Kier alpha value is -1.30. The minimum atomic E-state index is -0.822. The standard InChI is InChI=1S/C14H24N2O4/c1-2-9(7-12(17)18)8-15-14(19)16-11-5-6-20-13(11)10-3-4-10/h9-11,13H,2-8H2,1H3,(H,17,18)(H2,15,16,19). The van der Waals surface area contributed by atoms with Crippen molar-refractivity contribution in [1.82, 2.24) is 10.6 Å². The van der Waals surface area contributed by atoms with Crippen LogP contribution in [0.15, 0.2) is 0 Å². The molecular formula is C14H24N2O4. The van der Waals surface area contributed by atoms with Crippen molar-refractivity contribution >= 4 is 12.0 Å². The summed E-state index contributed by atoms with van der Waals surface area (Å²) in [5.74, 6) is -0.229. The number of rotatable bonds is 7. The highest BCUT2D eigenvalue weighted by Gasteiger charge is 2.41. The van der Waals surface area contributed by atoms with Crippen molar-refractivity contribution in [2.45, 2.75) is 51.2 Å². The monoisotopic (exact) mass is 284 g/mol. The van der Waals surface area contributed by atoms with E-state index >= 15 is 0 Å². The summed E-state index contributed by atoms with van der Waals surface area (Å²) in [6.45, 7) is 3.04. The van der Waals surface area contributed by atoms with E-state index in [1.165, 1.54) is 12.8 Å². The Labute approximate surface area is 119 Å². The van der Waals surface area contributed by atoms with E-state index < -0.39 is 5.97 Å². The van der Waals surface area contributed by atoms with Gasteiger partial charge >= 0.3 is 12.0 Å². The zero-order valence-electron chi connectivity index (χ0n) is 11.9. The second-order valence-corrected chi connectivity index (χ2v) is 5.79. The molecule has 3 unspecified atom stereocenters. The summed E-state index contributed by atoms with van der Waals surface area (Å²) in [6.07, 6.45) is 4.25. The summed E-state index contributed by atoms with van der Waals surface area (Å²) in [4.78, 5) is 22.5. The number of ether oxygens (including phenoxy) is 1. The molecule has 0 aromatic heterocycles. The molecule has 20 heavy (non-hydrogen) atoms. The van der Waals surface area contributed by atoms with Gasteiger partial charge in [0.15, 0.2) is 0 Å². The van der Waals surface area contributed by atoms with Crippen molar-refractivity contribution in [2.24, 2.45) is 11.8 Å². The predicted octanol–water partition coefficient (Wildman–Crippen LogP) is 1.35. The van der Waals surface area contributed by atoms with Gasteiger partial charge in [-0.3, -0.25) is 4.79 Å². The lowest BCUT2D eigenvalue weighted by Gasteiger charge is -2.20. The summed E-state index contributed by atoms with van der Waals surface area (Å²) in [5, 5.41) is 14.5. The fourth-order valence-electron chi connectivity index (χ4n) is 2.72. The first kappa shape index (κ1) is 15.1. The molecule has 0 radical (unpaired) electrons. The largest absolute Gasteiger partial charge is 0.481 e. The zero-order valence-corrected chi connectivity index (χ0v) is 11.9. The highest BCUT2D eigenvalue weighted by atomic mass is 16.5. The number of carbonyl (C=O) groups is 2. The molecule has 3 N–H and O–H groups in total. The van der Waals surface area contributed by atoms with Crippen LogP contribution in [-0.2, 0) is 9.53 Å². The van der Waals surface area contributed by atoms with Crippen LogP contribution in [0.5, 0.6) is 0 Å². The molecule has 6 nitrogen and oxygen atoms in total. The van der Waals surface area contributed by atoms with E-state index in [9.17, 15) is 9.59 Å². The lowest BCUT2D eigenvalue weighted by molar-refractivity contribution is -0.138. The van der Waals surface area contributed by atoms with Crippen molar-refractivity contribution in [3.63, 3.8) is 0 Å². The van der Waals surface area contributed by atoms with Crippen LogP contribution in [0.25, 0.3) is 0 Å². The van der Waals surface area contributed by atoms with Gasteiger partial charge in [-0.25, -0.2) is 4.79 Å². The van der Waals surface area contributed by atoms with Crippen LogP contribution in [0.1, 0.15) is 39.0 Å². The zero-order chi connectivity index (χ0) is 14.5. The molecule has 2 amide bonds. The number of hydrogen-bond acceptors (Lipinski definition) is 3. The second-order valence-electron chi connectivity index (χ2n) is 5.79. The maximum absolute atomic E-state index is 11.9. The average molecular weight is 284 g/mol. The smallest absolute Gasteiger partial charge is 0.315 e. The molecule has 6 heteroatoms. The van der Waals surface area contributed by atoms with E-state index in [0.29, 0.717) is 19.1 Å². The van der Waals surface area contributed by atoms with Gasteiger partial charge < -0.3 is 20.5 Å². The van der Waals surface area contributed by atoms with E-state index in [-0.39, 0.29) is 30.5 Å². The number of amides is 2. The van der Waals surface area contributed by atoms with Crippen molar-refractivity contribution in [3.8, 4) is 0 Å². The molecule has 1 saturated carbocycles. The van der Waals surface area contributed by atoms with Gasteiger partial charge in [-0.15, -0.1) is 0 Å². The molecular weight excluding hydrogens is 260 g/mol. The van der Waals surface area contributed by atoms with Gasteiger partial charge in [-0.1, -0.05) is 13.3 Å². The Bertz CT molecular complexity index is 357. The normalized spacial score (nSPS) is 27.1. The van der Waals surface area contributed by atoms with Crippen LogP contribution in [0.4, 0.5) is 4.79 Å². The van der Waals surface area contributed by atoms with Crippen molar-refractivity contribution in [2.75, 3.05) is 13.2 Å². The Morgan fingerprint density at radius 3 is 2.70 bits per heavy atom. The minimum absolute atomic E-state index is 0.0164. The number of carboxylic acid groups (broad SMARTS) is 1. The van der Waals surface area contributed by atoms with E-state index in [1.54, 1.807) is 0 Å². The SMILES string of the molecule is CCC(CNC(=O)NC1CCOC1C1CC1)CC(=O)O. The molecule has 1 heterocycles. The van der Waals surface area contributed by atoms with Crippen LogP contribution < -0.4 is 10.6 Å². The summed E-state index contributed by atoms with van der Waals surface area (Å²) in [6, 6.07) is -0.114. The molecule has 1 saturated heterocycles. The molecule has 0 aromatic carbocycles. The molecule has 0 bridgehead atoms. The minimum Gasteiger partial charge on any atom is -0.481 e. The van der Waals surface area contributed by atoms with Gasteiger partial charge in [-0.05, 0) is 31.1 Å². The van der Waals surface area contributed by atoms with E-state index in [1.807, 2.05) is 6.92 Å². The van der Waals surface area contributed by atoms with Gasteiger partial charge in [0, 0.05) is 19.6 Å². The van der Waals surface area contributed by atoms with Crippen LogP contribution in [0, 0.1) is 11.8 Å². The first-order valence-corrected chi connectivity index (χ1v) is 7.48. The van der Waals surface area contributed by atoms with Crippen LogP contribution >= 0.6 is 0 Å². The van der Waals surface area contributed by atoms with Gasteiger partial charge in [0.25, 0.3) is 0 Å². The maximum atomic E-state index is 11.9. The third-order valence-electron chi connectivity index (χ3n) is 4.13. The first-order valence-electron chi connectivity index (χ1n) is 7.48. The van der Waals surface area contributed by atoms with Gasteiger partial charge in [-0.2, -0.15) is 0 Å². The highest BCUT2D eigenvalue weighted by molar-refractivity contribution is 5.74. The molecule has 3 atom stereocenters. The third-order valence-corrected chi connectivity index (χ3v) is 4.13. The second kappa shape index (κ2) is 6.92. The predicted molar refractivity (Wildman–Crippen MR) is 73.4 cm³/mol. The first-order chi connectivity index (χ1) is 9.60. The van der Waals surface area contributed by atoms with Crippen LogP contribution in [0.2, 0.25) is 0 Å². The molecule has 0 spiro atoms. The summed E-state index contributed by atoms with van der Waals surface area (Å²) in [5.41, 5.74) is 0. The Morgan fingerprint density at radius 2 is 2.10 bits per heavy atom. The van der Waals surface area contributed by atoms with Crippen molar-refractivity contribution < 1.29 is 19.4 Å². The molecule has 2 aliphatic rings. The highest BCUT2D eigenvalue weighted by Crippen LogP contribution is 2.38. The number of carbonyl (C=O) groups excluding carboxylic acids is 1. The van der Waals surface area contributed by atoms with Crippen molar-refractivity contribution in [3.05, 3.63) is 0 Å². The fraction of sp³-hybridized carbons (Fsp3) is 0.857. The fourth-order valence-corrected chi connectivity index (χ4v) is 2.72. The molecule has 1 aliphatic heterocycles. The lowest BCUT2D eigenvalue weighted by Crippen LogP contribution is -2.47. The average Bonchev–Trinajstić information content (AvgIpc) is 3.15. The number of hydrogen-bond donors (Lipinski definition) is 3. The van der Waals surface area contributed by atoms with Gasteiger partial charge in [0.1, 0.15) is 0 Å². The van der Waals surface area contributed by atoms with Gasteiger partial charge in [0.05, 0.1) is 12.1 Å². The van der Waals surface area contributed by atoms with E-state index in [4.69, 9.17) is 9.84 Å². The topological polar surface area (TPSA) is 87.7 Å². The number of carboxylic acids is 1. The third kappa shape index (κ3) is 4.37. The van der Waals surface area contributed by atoms with E-state index in [0.717, 1.165) is 12.8 Å². The molecule has 1 aliphatic carbocycles. The molecule has 114 valence electrons. The van der Waals surface area contributed by atoms with Crippen molar-refractivity contribution in [1.29, 1.82) is 0 Å². The Balaban J connectivity index is 1.70. The van der Waals surface area contributed by atoms with Crippen LogP contribution in [-0.4, -0.2) is 42.4 Å². The number of nitrogens with one attached hydrogen (secondary N) is 2. The summed E-state index contributed by atoms with van der Waals surface area (Å²) >= 11 is 0. The Kier molecular flexibility index (Phi) is 5.23. The van der Waals surface area contributed by atoms with Gasteiger partial charge in [0.2, 0.25) is 0 Å². The van der Waals surface area contributed by atoms with E-state index in [2.05, 4.69) is 10.6 Å².